The molecule has 2 N–H and O–H groups in total. The maximum Gasteiger partial charge on any atom is 0.238 e. The van der Waals surface area contributed by atoms with Gasteiger partial charge in [0.25, 0.3) is 0 Å². The summed E-state index contributed by atoms with van der Waals surface area (Å²) in [4.78, 5) is 11.6. The van der Waals surface area contributed by atoms with E-state index in [9.17, 15) is 13.2 Å². The van der Waals surface area contributed by atoms with Crippen molar-refractivity contribution in [2.45, 2.75) is 24.3 Å². The van der Waals surface area contributed by atoms with E-state index in [1.54, 1.807) is 7.11 Å². The Morgan fingerprint density at radius 1 is 1.50 bits per heavy atom. The predicted molar refractivity (Wildman–Crippen MR) is 59.9 cm³/mol. The maximum absolute atomic E-state index is 11.6. The number of sulfone groups is 1. The molecule has 1 rings (SSSR count). The topological polar surface area (TPSA) is 84.5 Å². The van der Waals surface area contributed by atoms with Crippen molar-refractivity contribution < 1.29 is 17.9 Å². The van der Waals surface area contributed by atoms with Crippen molar-refractivity contribution in [2.24, 2.45) is 0 Å². The molecule has 7 heteroatoms. The number of carbonyl (C=O) groups excluding carboxylic acids is 1. The first kappa shape index (κ1) is 13.4. The van der Waals surface area contributed by atoms with Crippen LogP contribution in [0, 0.1) is 0 Å². The molecule has 0 saturated carbocycles. The summed E-state index contributed by atoms with van der Waals surface area (Å²) in [5, 5.41) is 4.73. The van der Waals surface area contributed by atoms with Crippen LogP contribution >= 0.6 is 0 Å². The van der Waals surface area contributed by atoms with Crippen LogP contribution < -0.4 is 10.6 Å². The molecule has 1 amide bonds. The highest BCUT2D eigenvalue weighted by molar-refractivity contribution is 7.92. The van der Waals surface area contributed by atoms with Crippen LogP contribution in [0.25, 0.3) is 0 Å². The van der Waals surface area contributed by atoms with Gasteiger partial charge in [0.2, 0.25) is 5.91 Å². The summed E-state index contributed by atoms with van der Waals surface area (Å²) in [6, 6.07) is -0.165. The Kier molecular flexibility index (Phi) is 4.28. The summed E-state index contributed by atoms with van der Waals surface area (Å²) < 4.78 is 27.5. The van der Waals surface area contributed by atoms with E-state index in [0.717, 1.165) is 6.26 Å². The Morgan fingerprint density at radius 2 is 2.12 bits per heavy atom. The van der Waals surface area contributed by atoms with Crippen LogP contribution in [-0.2, 0) is 19.4 Å². The number of hydrogen-bond acceptors (Lipinski definition) is 5. The SMILES string of the molecule is CO[C@H]1CNCC1NC(=O)C(C)S(C)(=O)=O. The van der Waals surface area contributed by atoms with E-state index >= 15 is 0 Å². The Morgan fingerprint density at radius 3 is 2.62 bits per heavy atom. The van der Waals surface area contributed by atoms with Crippen molar-refractivity contribution in [2.75, 3.05) is 26.5 Å². The first-order chi connectivity index (χ1) is 7.36. The summed E-state index contributed by atoms with van der Waals surface area (Å²) in [7, 11) is -1.77. The molecule has 6 nitrogen and oxygen atoms in total. The number of rotatable bonds is 4. The highest BCUT2D eigenvalue weighted by atomic mass is 32.2. The Labute approximate surface area is 95.7 Å². The molecule has 0 aromatic rings. The van der Waals surface area contributed by atoms with E-state index in [-0.39, 0.29) is 12.1 Å². The standard InChI is InChI=1S/C9H18N2O4S/c1-6(16(3,13)14)9(12)11-7-4-10-5-8(7)15-2/h6-8,10H,4-5H2,1-3H3,(H,11,12)/t6?,7?,8-/m0/s1. The number of methoxy groups -OCH3 is 1. The zero-order valence-electron chi connectivity index (χ0n) is 9.69. The fraction of sp³-hybridized carbons (Fsp3) is 0.889. The second kappa shape index (κ2) is 5.11. The van der Waals surface area contributed by atoms with E-state index in [2.05, 4.69) is 10.6 Å². The summed E-state index contributed by atoms with van der Waals surface area (Å²) in [5.41, 5.74) is 0. The van der Waals surface area contributed by atoms with Crippen LogP contribution in [0.4, 0.5) is 0 Å². The average molecular weight is 250 g/mol. The zero-order valence-corrected chi connectivity index (χ0v) is 10.5. The highest BCUT2D eigenvalue weighted by Crippen LogP contribution is 2.05. The third kappa shape index (κ3) is 3.16. The molecular formula is C9H18N2O4S. The molecule has 1 aliphatic rings. The minimum atomic E-state index is -3.34. The molecule has 0 spiro atoms. The van der Waals surface area contributed by atoms with Gasteiger partial charge in [-0.1, -0.05) is 0 Å². The Bertz CT molecular complexity index is 355. The van der Waals surface area contributed by atoms with Crippen molar-refractivity contribution in [3.8, 4) is 0 Å². The molecular weight excluding hydrogens is 232 g/mol. The maximum atomic E-state index is 11.6. The quantitative estimate of drug-likeness (QED) is 0.636. The summed E-state index contributed by atoms with van der Waals surface area (Å²) in [5.74, 6) is -0.474. The van der Waals surface area contributed by atoms with E-state index in [0.29, 0.717) is 13.1 Å². The van der Waals surface area contributed by atoms with Crippen LogP contribution in [0.1, 0.15) is 6.92 Å². The Hall–Kier alpha value is -0.660. The third-order valence-electron chi connectivity index (χ3n) is 2.80. The lowest BCUT2D eigenvalue weighted by Gasteiger charge is -2.20. The number of carbonyl (C=O) groups is 1. The van der Waals surface area contributed by atoms with Gasteiger partial charge in [-0.15, -0.1) is 0 Å². The molecule has 0 radical (unpaired) electrons. The van der Waals surface area contributed by atoms with Crippen LogP contribution in [0.2, 0.25) is 0 Å². The lowest BCUT2D eigenvalue weighted by molar-refractivity contribution is -0.121. The molecule has 3 atom stereocenters. The predicted octanol–water partition coefficient (Wildman–Crippen LogP) is -1.48. The van der Waals surface area contributed by atoms with E-state index in [4.69, 9.17) is 4.74 Å². The smallest absolute Gasteiger partial charge is 0.238 e. The van der Waals surface area contributed by atoms with Crippen molar-refractivity contribution in [1.82, 2.24) is 10.6 Å². The van der Waals surface area contributed by atoms with Crippen LogP contribution in [-0.4, -0.2) is 58.2 Å². The van der Waals surface area contributed by atoms with Gasteiger partial charge in [0, 0.05) is 26.5 Å². The Balaban J connectivity index is 2.58. The van der Waals surface area contributed by atoms with Gasteiger partial charge in [0.1, 0.15) is 5.25 Å². The number of ether oxygens (including phenoxy) is 1. The van der Waals surface area contributed by atoms with Crippen molar-refractivity contribution >= 4 is 15.7 Å². The molecule has 1 saturated heterocycles. The summed E-state index contributed by atoms with van der Waals surface area (Å²) in [6.07, 6.45) is 0.952. The van der Waals surface area contributed by atoms with Gasteiger partial charge in [-0.25, -0.2) is 8.42 Å². The number of nitrogens with one attached hydrogen (secondary N) is 2. The molecule has 1 heterocycles. The molecule has 0 aromatic carbocycles. The lowest BCUT2D eigenvalue weighted by Crippen LogP contribution is -2.48. The lowest BCUT2D eigenvalue weighted by atomic mass is 10.2. The van der Waals surface area contributed by atoms with Crippen molar-refractivity contribution in [1.29, 1.82) is 0 Å². The normalized spacial score (nSPS) is 27.7. The second-order valence-corrected chi connectivity index (χ2v) is 6.39. The molecule has 2 unspecified atom stereocenters. The van der Waals surface area contributed by atoms with E-state index in [1.165, 1.54) is 6.92 Å². The summed E-state index contributed by atoms with van der Waals surface area (Å²) >= 11 is 0. The molecule has 16 heavy (non-hydrogen) atoms. The van der Waals surface area contributed by atoms with E-state index in [1.807, 2.05) is 0 Å². The van der Waals surface area contributed by atoms with Gasteiger partial charge in [0.05, 0.1) is 12.1 Å². The van der Waals surface area contributed by atoms with Crippen molar-refractivity contribution in [3.63, 3.8) is 0 Å². The number of hydrogen-bond donors (Lipinski definition) is 2. The van der Waals surface area contributed by atoms with Crippen LogP contribution in [0.5, 0.6) is 0 Å². The van der Waals surface area contributed by atoms with Crippen molar-refractivity contribution in [3.05, 3.63) is 0 Å². The fourth-order valence-corrected chi connectivity index (χ4v) is 2.00. The molecule has 0 bridgehead atoms. The molecule has 94 valence electrons. The van der Waals surface area contributed by atoms with Gasteiger partial charge < -0.3 is 15.4 Å². The van der Waals surface area contributed by atoms with Crippen LogP contribution in [0.15, 0.2) is 0 Å². The van der Waals surface area contributed by atoms with Gasteiger partial charge in [-0.3, -0.25) is 4.79 Å². The first-order valence-corrected chi connectivity index (χ1v) is 7.04. The fourth-order valence-electron chi connectivity index (χ4n) is 1.54. The largest absolute Gasteiger partial charge is 0.378 e. The van der Waals surface area contributed by atoms with Crippen LogP contribution in [0.3, 0.4) is 0 Å². The minimum Gasteiger partial charge on any atom is -0.378 e. The monoisotopic (exact) mass is 250 g/mol. The minimum absolute atomic E-state index is 0.101. The molecule has 0 aliphatic carbocycles. The van der Waals surface area contributed by atoms with Gasteiger partial charge >= 0.3 is 0 Å². The summed E-state index contributed by atoms with van der Waals surface area (Å²) in [6.45, 7) is 2.64. The highest BCUT2D eigenvalue weighted by Gasteiger charge is 2.31. The third-order valence-corrected chi connectivity index (χ3v) is 4.30. The van der Waals surface area contributed by atoms with E-state index < -0.39 is 21.0 Å². The average Bonchev–Trinajstić information content (AvgIpc) is 2.62. The zero-order chi connectivity index (χ0) is 12.3. The first-order valence-electron chi connectivity index (χ1n) is 5.09. The molecule has 1 aliphatic heterocycles. The van der Waals surface area contributed by atoms with Gasteiger partial charge in [-0.05, 0) is 6.92 Å². The van der Waals surface area contributed by atoms with Gasteiger partial charge in [0.15, 0.2) is 9.84 Å². The molecule has 1 fully saturated rings. The van der Waals surface area contributed by atoms with Gasteiger partial charge in [-0.2, -0.15) is 0 Å². The molecule has 0 aromatic heterocycles. The second-order valence-electron chi connectivity index (χ2n) is 4.02. The number of amides is 1.